The largest absolute Gasteiger partial charge is 0.380 e. The van der Waals surface area contributed by atoms with E-state index in [0.717, 1.165) is 63.2 Å². The van der Waals surface area contributed by atoms with Crippen molar-refractivity contribution >= 4 is 35.8 Å². The van der Waals surface area contributed by atoms with Gasteiger partial charge in [-0.05, 0) is 18.4 Å². The molecule has 0 aliphatic carbocycles. The third-order valence-electron chi connectivity index (χ3n) is 4.23. The smallest absolute Gasteiger partial charge is 0.191 e. The third kappa shape index (κ3) is 9.07. The molecule has 2 N–H and O–H groups in total. The van der Waals surface area contributed by atoms with Crippen LogP contribution in [-0.4, -0.2) is 64.1 Å². The lowest BCUT2D eigenvalue weighted by molar-refractivity contribution is 0.122. The summed E-state index contributed by atoms with van der Waals surface area (Å²) in [7, 11) is 1.78. The number of rotatable bonds is 9. The highest BCUT2D eigenvalue weighted by molar-refractivity contribution is 14.0. The van der Waals surface area contributed by atoms with E-state index in [1.54, 1.807) is 7.05 Å². The van der Waals surface area contributed by atoms with E-state index in [1.807, 2.05) is 12.3 Å². The zero-order valence-corrected chi connectivity index (χ0v) is 19.1. The Morgan fingerprint density at radius 2 is 2.07 bits per heavy atom. The minimum absolute atomic E-state index is 0. The number of pyridine rings is 1. The molecule has 2 heterocycles. The van der Waals surface area contributed by atoms with Crippen LogP contribution in [0.1, 0.15) is 25.8 Å². The quantitative estimate of drug-likeness (QED) is 0.239. The Labute approximate surface area is 180 Å². The summed E-state index contributed by atoms with van der Waals surface area (Å²) in [4.78, 5) is 11.1. The van der Waals surface area contributed by atoms with E-state index in [4.69, 9.17) is 9.47 Å². The summed E-state index contributed by atoms with van der Waals surface area (Å²) in [5.41, 5.74) is 1.16. The number of ether oxygens (including phenoxy) is 2. The number of hydrogen-bond donors (Lipinski definition) is 2. The second-order valence-corrected chi connectivity index (χ2v) is 6.73. The first-order valence-corrected chi connectivity index (χ1v) is 9.49. The van der Waals surface area contributed by atoms with Gasteiger partial charge in [0.15, 0.2) is 5.96 Å². The van der Waals surface area contributed by atoms with Crippen molar-refractivity contribution in [2.45, 2.75) is 26.8 Å². The zero-order valence-electron chi connectivity index (χ0n) is 16.7. The fourth-order valence-electron chi connectivity index (χ4n) is 2.69. The molecule has 7 nitrogen and oxygen atoms in total. The molecule has 0 aromatic carbocycles. The molecule has 1 saturated heterocycles. The van der Waals surface area contributed by atoms with Gasteiger partial charge in [-0.1, -0.05) is 19.9 Å². The average Bonchev–Trinajstić information content (AvgIpc) is 2.67. The van der Waals surface area contributed by atoms with Crippen LogP contribution in [0.2, 0.25) is 0 Å². The van der Waals surface area contributed by atoms with Gasteiger partial charge in [-0.15, -0.1) is 24.0 Å². The van der Waals surface area contributed by atoms with Gasteiger partial charge in [0.1, 0.15) is 5.82 Å². The number of halogens is 1. The second-order valence-electron chi connectivity index (χ2n) is 6.73. The fourth-order valence-corrected chi connectivity index (χ4v) is 2.69. The third-order valence-corrected chi connectivity index (χ3v) is 4.23. The summed E-state index contributed by atoms with van der Waals surface area (Å²) in [6.45, 7) is 10.6. The van der Waals surface area contributed by atoms with E-state index >= 15 is 0 Å². The summed E-state index contributed by atoms with van der Waals surface area (Å²) >= 11 is 0. The van der Waals surface area contributed by atoms with Crippen LogP contribution in [0.3, 0.4) is 0 Å². The lowest BCUT2D eigenvalue weighted by Gasteiger charge is -2.29. The highest BCUT2D eigenvalue weighted by atomic mass is 127. The van der Waals surface area contributed by atoms with Gasteiger partial charge >= 0.3 is 0 Å². The first-order chi connectivity index (χ1) is 12.7. The Balaban J connectivity index is 0.00000364. The number of hydrogen-bond acceptors (Lipinski definition) is 5. The molecule has 1 aromatic heterocycles. The molecule has 0 atom stereocenters. The first kappa shape index (κ1) is 23.9. The lowest BCUT2D eigenvalue weighted by Crippen LogP contribution is -2.40. The predicted octanol–water partition coefficient (Wildman–Crippen LogP) is 2.26. The second kappa shape index (κ2) is 14.0. The molecule has 27 heavy (non-hydrogen) atoms. The van der Waals surface area contributed by atoms with Gasteiger partial charge in [0.25, 0.3) is 0 Å². The monoisotopic (exact) mass is 491 g/mol. The van der Waals surface area contributed by atoms with Gasteiger partial charge in [-0.25, -0.2) is 4.98 Å². The standard InChI is InChI=1S/C19H33N5O2.HI/c1-16(2)6-11-25-12-8-22-19(20-3)23-15-17-5-4-7-21-18(17)24-9-13-26-14-10-24;/h4-5,7,16H,6,8-15H2,1-3H3,(H2,20,22,23);1H. The summed E-state index contributed by atoms with van der Waals surface area (Å²) in [5.74, 6) is 2.47. The van der Waals surface area contributed by atoms with E-state index in [2.05, 4.69) is 45.4 Å². The molecular formula is C19H34IN5O2. The molecule has 1 aliphatic rings. The van der Waals surface area contributed by atoms with Crippen LogP contribution in [0.4, 0.5) is 5.82 Å². The number of guanidine groups is 1. The Hall–Kier alpha value is -1.13. The molecule has 1 aromatic rings. The van der Waals surface area contributed by atoms with Crippen molar-refractivity contribution < 1.29 is 9.47 Å². The molecule has 0 spiro atoms. The Morgan fingerprint density at radius 1 is 1.30 bits per heavy atom. The Morgan fingerprint density at radius 3 is 2.78 bits per heavy atom. The van der Waals surface area contributed by atoms with Gasteiger partial charge < -0.3 is 25.0 Å². The molecule has 1 fully saturated rings. The number of nitrogens with one attached hydrogen (secondary N) is 2. The lowest BCUT2D eigenvalue weighted by atomic mass is 10.1. The number of nitrogens with zero attached hydrogens (tertiary/aromatic N) is 3. The van der Waals surface area contributed by atoms with Gasteiger partial charge in [-0.2, -0.15) is 0 Å². The molecule has 2 rings (SSSR count). The molecule has 0 bridgehead atoms. The van der Waals surface area contributed by atoms with E-state index in [0.29, 0.717) is 19.1 Å². The zero-order chi connectivity index (χ0) is 18.6. The van der Waals surface area contributed by atoms with E-state index in [1.165, 1.54) is 0 Å². The van der Waals surface area contributed by atoms with Crippen LogP contribution in [0.15, 0.2) is 23.3 Å². The number of aliphatic imine (C=N–C) groups is 1. The van der Waals surface area contributed by atoms with Gasteiger partial charge in [0, 0.05) is 51.6 Å². The highest BCUT2D eigenvalue weighted by Crippen LogP contribution is 2.18. The maximum absolute atomic E-state index is 5.63. The van der Waals surface area contributed by atoms with Crippen molar-refractivity contribution in [1.82, 2.24) is 15.6 Å². The summed E-state index contributed by atoms with van der Waals surface area (Å²) in [5, 5.41) is 6.65. The highest BCUT2D eigenvalue weighted by Gasteiger charge is 2.15. The van der Waals surface area contributed by atoms with Crippen molar-refractivity contribution in [2.24, 2.45) is 10.9 Å². The molecule has 0 amide bonds. The van der Waals surface area contributed by atoms with Gasteiger partial charge in [-0.3, -0.25) is 4.99 Å². The van der Waals surface area contributed by atoms with E-state index in [-0.39, 0.29) is 24.0 Å². The molecule has 154 valence electrons. The molecule has 0 unspecified atom stereocenters. The number of anilines is 1. The predicted molar refractivity (Wildman–Crippen MR) is 121 cm³/mol. The normalized spacial score (nSPS) is 14.8. The minimum atomic E-state index is 0. The van der Waals surface area contributed by atoms with Gasteiger partial charge in [0.2, 0.25) is 0 Å². The van der Waals surface area contributed by atoms with Crippen LogP contribution < -0.4 is 15.5 Å². The molecule has 8 heteroatoms. The van der Waals surface area contributed by atoms with Crippen molar-refractivity contribution in [3.63, 3.8) is 0 Å². The van der Waals surface area contributed by atoms with Gasteiger partial charge in [0.05, 0.1) is 19.8 Å². The molecule has 0 radical (unpaired) electrons. The van der Waals surface area contributed by atoms with Crippen LogP contribution in [0.5, 0.6) is 0 Å². The Kier molecular flexibility index (Phi) is 12.4. The van der Waals surface area contributed by atoms with Crippen molar-refractivity contribution in [2.75, 3.05) is 58.0 Å². The molecule has 0 saturated carbocycles. The maximum Gasteiger partial charge on any atom is 0.191 e. The number of morpholine rings is 1. The minimum Gasteiger partial charge on any atom is -0.380 e. The van der Waals surface area contributed by atoms with Crippen molar-refractivity contribution in [3.8, 4) is 0 Å². The summed E-state index contributed by atoms with van der Waals surface area (Å²) in [6, 6.07) is 4.08. The van der Waals surface area contributed by atoms with Crippen LogP contribution >= 0.6 is 24.0 Å². The summed E-state index contributed by atoms with van der Waals surface area (Å²) < 4.78 is 11.1. The molecular weight excluding hydrogens is 457 g/mol. The summed E-state index contributed by atoms with van der Waals surface area (Å²) in [6.07, 6.45) is 2.94. The maximum atomic E-state index is 5.63. The van der Waals surface area contributed by atoms with Crippen LogP contribution in [-0.2, 0) is 16.0 Å². The van der Waals surface area contributed by atoms with Crippen LogP contribution in [0, 0.1) is 5.92 Å². The number of aromatic nitrogens is 1. The van der Waals surface area contributed by atoms with Crippen molar-refractivity contribution in [1.29, 1.82) is 0 Å². The molecule has 1 aliphatic heterocycles. The Bertz CT molecular complexity index is 551. The first-order valence-electron chi connectivity index (χ1n) is 9.49. The van der Waals surface area contributed by atoms with E-state index in [9.17, 15) is 0 Å². The average molecular weight is 491 g/mol. The van der Waals surface area contributed by atoms with Crippen LogP contribution in [0.25, 0.3) is 0 Å². The van der Waals surface area contributed by atoms with E-state index < -0.39 is 0 Å². The topological polar surface area (TPSA) is 71.0 Å². The fraction of sp³-hybridized carbons (Fsp3) is 0.684. The SMILES string of the molecule is CN=C(NCCOCCC(C)C)NCc1cccnc1N1CCOCC1.I. The van der Waals surface area contributed by atoms with Crippen molar-refractivity contribution in [3.05, 3.63) is 23.9 Å².